The minimum atomic E-state index is -0.819. The van der Waals surface area contributed by atoms with Gasteiger partial charge in [-0.1, -0.05) is 64.3 Å². The Morgan fingerprint density at radius 2 is 1.81 bits per heavy atom. The standard InChI is InChI=1S/C42H57NO4/c1-11-12-16-40(8)28-14-13-25-20-27-26-19-23-18-24-21-38(4,5)47-39(6,7)32(24)35(45)30(23)31-34(26)43(33(22(2)3)36(31)46)37(27)42(25,10)41(28,9)17-15-29(40)44/h19,21,25,28-29,32-33,35,44-45H,2,11-18,20H2,1,3-10H3/t25?,28-,29-,32?,33-,35+,40-,41-,42+/m0/s1. The normalized spacial score (nSPS) is 40.7. The van der Waals surface area contributed by atoms with Crippen LogP contribution in [-0.4, -0.2) is 37.9 Å². The van der Waals surface area contributed by atoms with Crippen LogP contribution in [0.1, 0.15) is 152 Å². The van der Waals surface area contributed by atoms with E-state index in [1.165, 1.54) is 22.2 Å². The third-order valence-electron chi connectivity index (χ3n) is 15.0. The lowest BCUT2D eigenvalue weighted by Gasteiger charge is -2.65. The maximum atomic E-state index is 14.8. The molecule has 3 heterocycles. The first-order chi connectivity index (χ1) is 21.9. The molecule has 2 saturated carbocycles. The second-order valence-electron chi connectivity index (χ2n) is 18.5. The second kappa shape index (κ2) is 9.73. The number of allylic oxidation sites excluding steroid dienone is 1. The Balaban J connectivity index is 1.38. The highest BCUT2D eigenvalue weighted by Crippen LogP contribution is 2.71. The maximum Gasteiger partial charge on any atom is 0.192 e. The zero-order chi connectivity index (χ0) is 33.8. The number of carbonyl (C=O) groups is 1. The van der Waals surface area contributed by atoms with Crippen molar-refractivity contribution in [1.29, 1.82) is 0 Å². The van der Waals surface area contributed by atoms with Gasteiger partial charge in [0.1, 0.15) is 6.04 Å². The van der Waals surface area contributed by atoms with Crippen LogP contribution < -0.4 is 0 Å². The lowest BCUT2D eigenvalue weighted by atomic mass is 9.40. The molecule has 6 aliphatic rings. The van der Waals surface area contributed by atoms with Gasteiger partial charge in [0.05, 0.1) is 34.5 Å². The van der Waals surface area contributed by atoms with E-state index < -0.39 is 23.3 Å². The molecule has 5 heteroatoms. The lowest BCUT2D eigenvalue weighted by Crippen LogP contribution is -2.62. The van der Waals surface area contributed by atoms with Crippen LogP contribution in [0.15, 0.2) is 29.9 Å². The fraction of sp³-hybridized carbons (Fsp3) is 0.690. The van der Waals surface area contributed by atoms with Crippen molar-refractivity contribution in [3.05, 3.63) is 57.8 Å². The van der Waals surface area contributed by atoms with Gasteiger partial charge in [0.15, 0.2) is 5.78 Å². The monoisotopic (exact) mass is 639 g/mol. The molecule has 2 fully saturated rings. The minimum absolute atomic E-state index is 0.00593. The van der Waals surface area contributed by atoms with Crippen molar-refractivity contribution in [2.75, 3.05) is 0 Å². The summed E-state index contributed by atoms with van der Waals surface area (Å²) >= 11 is 0. The van der Waals surface area contributed by atoms with Crippen molar-refractivity contribution in [2.24, 2.45) is 28.6 Å². The number of aromatic nitrogens is 1. The summed E-state index contributed by atoms with van der Waals surface area (Å²) in [6.45, 7) is 24.5. The highest BCUT2D eigenvalue weighted by atomic mass is 16.5. The Labute approximate surface area is 281 Å². The summed E-state index contributed by atoms with van der Waals surface area (Å²) in [6, 6.07) is 1.91. The molecule has 47 heavy (non-hydrogen) atoms. The van der Waals surface area contributed by atoms with Crippen LogP contribution in [0, 0.1) is 28.6 Å². The number of ketones is 1. The van der Waals surface area contributed by atoms with E-state index in [1.807, 2.05) is 6.92 Å². The molecule has 9 atom stereocenters. The highest BCUT2D eigenvalue weighted by molar-refractivity contribution is 6.17. The third-order valence-corrected chi connectivity index (χ3v) is 15.0. The Bertz CT molecular complexity index is 1770. The van der Waals surface area contributed by atoms with Gasteiger partial charge in [-0.05, 0) is 125 Å². The lowest BCUT2D eigenvalue weighted by molar-refractivity contribution is -0.167. The molecule has 0 amide bonds. The van der Waals surface area contributed by atoms with Gasteiger partial charge < -0.3 is 19.5 Å². The highest BCUT2D eigenvalue weighted by Gasteiger charge is 2.67. The first-order valence-electron chi connectivity index (χ1n) is 18.6. The van der Waals surface area contributed by atoms with Gasteiger partial charge in [0.25, 0.3) is 0 Å². The number of nitrogens with zero attached hydrogens (tertiary/aromatic N) is 1. The predicted octanol–water partition coefficient (Wildman–Crippen LogP) is 8.87. The summed E-state index contributed by atoms with van der Waals surface area (Å²) in [5.41, 5.74) is 7.31. The number of hydrogen-bond donors (Lipinski definition) is 2. The first kappa shape index (κ1) is 32.0. The van der Waals surface area contributed by atoms with E-state index in [1.54, 1.807) is 0 Å². The summed E-state index contributed by atoms with van der Waals surface area (Å²) < 4.78 is 8.98. The summed E-state index contributed by atoms with van der Waals surface area (Å²) in [6.07, 6.45) is 10.4. The van der Waals surface area contributed by atoms with Gasteiger partial charge in [0, 0.05) is 22.4 Å². The molecule has 0 bridgehead atoms. The predicted molar refractivity (Wildman–Crippen MR) is 188 cm³/mol. The zero-order valence-electron chi connectivity index (χ0n) is 30.3. The molecule has 5 nitrogen and oxygen atoms in total. The molecule has 1 aromatic heterocycles. The Morgan fingerprint density at radius 3 is 2.49 bits per heavy atom. The molecule has 8 rings (SSSR count). The van der Waals surface area contributed by atoms with E-state index in [0.717, 1.165) is 85.6 Å². The van der Waals surface area contributed by atoms with Crippen LogP contribution in [0.4, 0.5) is 0 Å². The second-order valence-corrected chi connectivity index (χ2v) is 18.5. The number of aliphatic hydroxyl groups excluding tert-OH is 2. The van der Waals surface area contributed by atoms with Gasteiger partial charge >= 0.3 is 0 Å². The van der Waals surface area contributed by atoms with Crippen molar-refractivity contribution in [2.45, 2.75) is 155 Å². The van der Waals surface area contributed by atoms with E-state index in [2.05, 4.69) is 78.7 Å². The number of fused-ring (bicyclic) bond motifs is 10. The number of carbonyl (C=O) groups excluding carboxylic acids is 1. The van der Waals surface area contributed by atoms with Gasteiger partial charge in [-0.3, -0.25) is 4.79 Å². The van der Waals surface area contributed by atoms with Crippen LogP contribution in [0.3, 0.4) is 0 Å². The molecule has 254 valence electrons. The van der Waals surface area contributed by atoms with Crippen LogP contribution in [0.5, 0.6) is 0 Å². The SMILES string of the molecule is C=C(C)[C@H]1C(=O)c2c3c(cc4c5c(n1c24)[C@@]1(C)C(CC[C@H]2[C@](C)(CCCC)[C@@H](O)CC[C@@]21C)C5)CC1=CC(C)(C)OC(C)(C)C1[C@@H]3O. The average molecular weight is 640 g/mol. The zero-order valence-corrected chi connectivity index (χ0v) is 30.3. The number of benzene rings is 1. The van der Waals surface area contributed by atoms with Crippen molar-refractivity contribution >= 4 is 16.7 Å². The van der Waals surface area contributed by atoms with Crippen LogP contribution >= 0.6 is 0 Å². The number of unbranched alkanes of at least 4 members (excludes halogenated alkanes) is 1. The number of rotatable bonds is 4. The molecule has 1 aromatic carbocycles. The van der Waals surface area contributed by atoms with Crippen molar-refractivity contribution < 1.29 is 19.7 Å². The van der Waals surface area contributed by atoms with Gasteiger partial charge in [-0.15, -0.1) is 0 Å². The number of ether oxygens (including phenoxy) is 1. The summed E-state index contributed by atoms with van der Waals surface area (Å²) in [5.74, 6) is 0.801. The molecular weight excluding hydrogens is 582 g/mol. The van der Waals surface area contributed by atoms with E-state index >= 15 is 0 Å². The molecule has 2 aromatic rings. The topological polar surface area (TPSA) is 71.7 Å². The Morgan fingerprint density at radius 1 is 1.09 bits per heavy atom. The third kappa shape index (κ3) is 3.80. The summed E-state index contributed by atoms with van der Waals surface area (Å²) in [7, 11) is 0. The van der Waals surface area contributed by atoms with Crippen LogP contribution in [-0.2, 0) is 23.0 Å². The molecular formula is C42H57NO4. The quantitative estimate of drug-likeness (QED) is 0.328. The average Bonchev–Trinajstić information content (AvgIpc) is 3.55. The summed E-state index contributed by atoms with van der Waals surface area (Å²) in [4.78, 5) is 14.8. The smallest absolute Gasteiger partial charge is 0.192 e. The van der Waals surface area contributed by atoms with Crippen LogP contribution in [0.2, 0.25) is 0 Å². The summed E-state index contributed by atoms with van der Waals surface area (Å²) in [5, 5.41) is 25.1. The fourth-order valence-corrected chi connectivity index (χ4v) is 13.2. The van der Waals surface area contributed by atoms with Crippen molar-refractivity contribution in [3.8, 4) is 0 Å². The first-order valence-corrected chi connectivity index (χ1v) is 18.6. The molecule has 0 saturated heterocycles. The Hall–Kier alpha value is -2.21. The van der Waals surface area contributed by atoms with E-state index in [9.17, 15) is 15.0 Å². The van der Waals surface area contributed by atoms with Crippen LogP contribution in [0.25, 0.3) is 10.9 Å². The maximum absolute atomic E-state index is 14.8. The van der Waals surface area contributed by atoms with E-state index in [0.29, 0.717) is 11.8 Å². The molecule has 0 spiro atoms. The van der Waals surface area contributed by atoms with E-state index in [4.69, 9.17) is 4.74 Å². The number of Topliss-reactive ketones (excluding diaryl/α,β-unsaturated/α-hetero) is 1. The van der Waals surface area contributed by atoms with Gasteiger partial charge in [0.2, 0.25) is 0 Å². The molecule has 2 unspecified atom stereocenters. The van der Waals surface area contributed by atoms with Crippen molar-refractivity contribution in [3.63, 3.8) is 0 Å². The van der Waals surface area contributed by atoms with Crippen molar-refractivity contribution in [1.82, 2.24) is 4.57 Å². The largest absolute Gasteiger partial charge is 0.393 e. The molecule has 4 aliphatic carbocycles. The Kier molecular flexibility index (Phi) is 6.63. The van der Waals surface area contributed by atoms with E-state index in [-0.39, 0.29) is 34.1 Å². The van der Waals surface area contributed by atoms with Gasteiger partial charge in [-0.25, -0.2) is 0 Å². The minimum Gasteiger partial charge on any atom is -0.393 e. The number of aliphatic hydroxyl groups is 2. The fourth-order valence-electron chi connectivity index (χ4n) is 13.2. The molecule has 2 N–H and O–H groups in total. The van der Waals surface area contributed by atoms with Gasteiger partial charge in [-0.2, -0.15) is 0 Å². The molecule has 0 radical (unpaired) electrons. The molecule has 2 aliphatic heterocycles. The number of hydrogen-bond acceptors (Lipinski definition) is 4.